The minimum atomic E-state index is -3.97. The highest BCUT2D eigenvalue weighted by atomic mass is 32.2. The van der Waals surface area contributed by atoms with Crippen LogP contribution in [0.1, 0.15) is 45.2 Å². The number of ether oxygens (including phenoxy) is 2. The predicted octanol–water partition coefficient (Wildman–Crippen LogP) is 2.18. The Labute approximate surface area is 163 Å². The monoisotopic (exact) mass is 404 g/mol. The molecule has 2 aromatic rings. The van der Waals surface area contributed by atoms with Crippen LogP contribution in [0.15, 0.2) is 47.6 Å². The summed E-state index contributed by atoms with van der Waals surface area (Å²) >= 11 is 0. The molecule has 1 aromatic heterocycles. The van der Waals surface area contributed by atoms with Crippen LogP contribution in [0.4, 0.5) is 0 Å². The number of carbonyl (C=O) groups is 2. The molecule has 1 atom stereocenters. The fourth-order valence-electron chi connectivity index (χ4n) is 3.29. The number of methoxy groups -OCH3 is 2. The number of carbonyl (C=O) groups excluding carboxylic acids is 2. The lowest BCUT2D eigenvalue weighted by molar-refractivity contribution is 0.0598. The molecule has 3 rings (SSSR count). The Bertz CT molecular complexity index is 956. The highest BCUT2D eigenvalue weighted by molar-refractivity contribution is 7.89. The first-order valence-electron chi connectivity index (χ1n) is 8.62. The fraction of sp³-hybridized carbons (Fsp3) is 0.316. The van der Waals surface area contributed by atoms with E-state index in [-0.39, 0.29) is 22.1 Å². The molecule has 0 radical (unpaired) electrons. The molecule has 1 saturated heterocycles. The van der Waals surface area contributed by atoms with Crippen molar-refractivity contribution >= 4 is 22.0 Å². The number of pyridine rings is 1. The van der Waals surface area contributed by atoms with Gasteiger partial charge in [0.15, 0.2) is 0 Å². The Morgan fingerprint density at radius 1 is 1.11 bits per heavy atom. The zero-order valence-electron chi connectivity index (χ0n) is 15.5. The highest BCUT2D eigenvalue weighted by Gasteiger charge is 2.37. The van der Waals surface area contributed by atoms with Crippen molar-refractivity contribution in [3.8, 4) is 0 Å². The molecule has 8 nitrogen and oxygen atoms in total. The number of hydrogen-bond donors (Lipinski definition) is 0. The highest BCUT2D eigenvalue weighted by Crippen LogP contribution is 2.36. The lowest BCUT2D eigenvalue weighted by Gasteiger charge is -2.24. The summed E-state index contributed by atoms with van der Waals surface area (Å²) in [6.07, 6.45) is 4.62. The molecule has 0 spiro atoms. The molecule has 9 heteroatoms. The van der Waals surface area contributed by atoms with Crippen molar-refractivity contribution in [2.24, 2.45) is 0 Å². The van der Waals surface area contributed by atoms with Crippen molar-refractivity contribution in [1.82, 2.24) is 9.29 Å². The van der Waals surface area contributed by atoms with Gasteiger partial charge in [0.1, 0.15) is 0 Å². The molecule has 0 N–H and O–H groups in total. The van der Waals surface area contributed by atoms with Gasteiger partial charge in [0.25, 0.3) is 0 Å². The maximum atomic E-state index is 13.3. The van der Waals surface area contributed by atoms with Gasteiger partial charge < -0.3 is 9.47 Å². The van der Waals surface area contributed by atoms with E-state index in [1.807, 2.05) is 6.07 Å². The van der Waals surface area contributed by atoms with Crippen molar-refractivity contribution in [3.05, 3.63) is 59.4 Å². The van der Waals surface area contributed by atoms with Gasteiger partial charge in [-0.25, -0.2) is 18.0 Å². The van der Waals surface area contributed by atoms with Crippen LogP contribution in [0.3, 0.4) is 0 Å². The van der Waals surface area contributed by atoms with E-state index < -0.39 is 22.0 Å². The van der Waals surface area contributed by atoms with E-state index in [0.717, 1.165) is 5.56 Å². The number of benzene rings is 1. The summed E-state index contributed by atoms with van der Waals surface area (Å²) in [6, 6.07) is 6.90. The van der Waals surface area contributed by atoms with Crippen molar-refractivity contribution in [2.75, 3.05) is 20.8 Å². The van der Waals surface area contributed by atoms with Gasteiger partial charge in [-0.1, -0.05) is 6.07 Å². The van der Waals surface area contributed by atoms with Crippen molar-refractivity contribution in [1.29, 1.82) is 0 Å². The second-order valence-corrected chi connectivity index (χ2v) is 8.18. The molecule has 1 fully saturated rings. The van der Waals surface area contributed by atoms with Crippen LogP contribution >= 0.6 is 0 Å². The molecule has 1 aliphatic rings. The van der Waals surface area contributed by atoms with Gasteiger partial charge in [-0.15, -0.1) is 0 Å². The average molecular weight is 404 g/mol. The Hall–Kier alpha value is -2.78. The SMILES string of the molecule is COC(=O)c1cc(C(=O)OC)cc(S(=O)(=O)N2CCC[C@H]2c2cccnc2)c1. The van der Waals surface area contributed by atoms with Crippen LogP contribution in [-0.2, 0) is 19.5 Å². The lowest BCUT2D eigenvalue weighted by atomic mass is 10.1. The van der Waals surface area contributed by atoms with Crippen molar-refractivity contribution in [2.45, 2.75) is 23.8 Å². The van der Waals surface area contributed by atoms with E-state index in [9.17, 15) is 18.0 Å². The molecule has 2 heterocycles. The first-order chi connectivity index (χ1) is 13.4. The summed E-state index contributed by atoms with van der Waals surface area (Å²) in [5.74, 6) is -1.49. The maximum absolute atomic E-state index is 13.3. The maximum Gasteiger partial charge on any atom is 0.337 e. The van der Waals surface area contributed by atoms with E-state index >= 15 is 0 Å². The third kappa shape index (κ3) is 3.76. The van der Waals surface area contributed by atoms with Crippen LogP contribution in [0.2, 0.25) is 0 Å². The first-order valence-corrected chi connectivity index (χ1v) is 10.1. The van der Waals surface area contributed by atoms with Crippen LogP contribution in [-0.4, -0.2) is 50.4 Å². The number of aromatic nitrogens is 1. The van der Waals surface area contributed by atoms with E-state index in [2.05, 4.69) is 14.5 Å². The van der Waals surface area contributed by atoms with E-state index in [1.54, 1.807) is 18.5 Å². The third-order valence-electron chi connectivity index (χ3n) is 4.63. The van der Waals surface area contributed by atoms with E-state index in [0.29, 0.717) is 19.4 Å². The molecular formula is C19H20N2O6S. The minimum Gasteiger partial charge on any atom is -0.465 e. The molecular weight excluding hydrogens is 384 g/mol. The molecule has 0 amide bonds. The van der Waals surface area contributed by atoms with Gasteiger partial charge in [-0.3, -0.25) is 4.98 Å². The summed E-state index contributed by atoms with van der Waals surface area (Å²) < 4.78 is 37.4. The fourth-order valence-corrected chi connectivity index (χ4v) is 5.04. The summed E-state index contributed by atoms with van der Waals surface area (Å²) in [7, 11) is -1.61. The predicted molar refractivity (Wildman–Crippen MR) is 99.2 cm³/mol. The number of nitrogens with zero attached hydrogens (tertiary/aromatic N) is 2. The molecule has 0 unspecified atom stereocenters. The smallest absolute Gasteiger partial charge is 0.337 e. The van der Waals surface area contributed by atoms with Crippen LogP contribution < -0.4 is 0 Å². The Balaban J connectivity index is 2.07. The van der Waals surface area contributed by atoms with Gasteiger partial charge in [-0.05, 0) is 42.7 Å². The molecule has 28 heavy (non-hydrogen) atoms. The first kappa shape index (κ1) is 20.0. The number of sulfonamides is 1. The Morgan fingerprint density at radius 2 is 1.75 bits per heavy atom. The summed E-state index contributed by atoms with van der Waals surface area (Å²) in [5, 5.41) is 0. The summed E-state index contributed by atoms with van der Waals surface area (Å²) in [5.41, 5.74) is 0.711. The quantitative estimate of drug-likeness (QED) is 0.704. The van der Waals surface area contributed by atoms with Gasteiger partial charge in [0, 0.05) is 18.9 Å². The standard InChI is InChI=1S/C19H20N2O6S/c1-26-18(22)14-9-15(19(23)27-2)11-16(10-14)28(24,25)21-8-4-6-17(21)13-5-3-7-20-12-13/h3,5,7,9-12,17H,4,6,8H2,1-2H3/t17-/m0/s1. The number of rotatable bonds is 5. The second-order valence-electron chi connectivity index (χ2n) is 6.29. The van der Waals surface area contributed by atoms with E-state index in [4.69, 9.17) is 0 Å². The van der Waals surface area contributed by atoms with Crippen LogP contribution in [0.25, 0.3) is 0 Å². The molecule has 0 aliphatic carbocycles. The number of esters is 2. The topological polar surface area (TPSA) is 103 Å². The minimum absolute atomic E-state index is 0.0406. The van der Waals surface area contributed by atoms with Gasteiger partial charge in [-0.2, -0.15) is 4.31 Å². The third-order valence-corrected chi connectivity index (χ3v) is 6.51. The Morgan fingerprint density at radius 3 is 2.29 bits per heavy atom. The lowest BCUT2D eigenvalue weighted by Crippen LogP contribution is -2.31. The molecule has 0 bridgehead atoms. The van der Waals surface area contributed by atoms with Gasteiger partial charge >= 0.3 is 11.9 Å². The molecule has 1 aliphatic heterocycles. The average Bonchev–Trinajstić information content (AvgIpc) is 3.23. The zero-order valence-corrected chi connectivity index (χ0v) is 16.3. The van der Waals surface area contributed by atoms with Crippen LogP contribution in [0.5, 0.6) is 0 Å². The van der Waals surface area contributed by atoms with Gasteiger partial charge in [0.2, 0.25) is 10.0 Å². The molecule has 1 aromatic carbocycles. The van der Waals surface area contributed by atoms with Crippen LogP contribution in [0, 0.1) is 0 Å². The number of hydrogen-bond acceptors (Lipinski definition) is 7. The van der Waals surface area contributed by atoms with Crippen molar-refractivity contribution < 1.29 is 27.5 Å². The summed E-state index contributed by atoms with van der Waals surface area (Å²) in [4.78, 5) is 27.9. The van der Waals surface area contributed by atoms with E-state index in [1.165, 1.54) is 36.7 Å². The normalized spacial score (nSPS) is 17.3. The molecule has 0 saturated carbocycles. The second kappa shape index (κ2) is 8.07. The Kier molecular flexibility index (Phi) is 5.76. The zero-order chi connectivity index (χ0) is 20.3. The largest absolute Gasteiger partial charge is 0.465 e. The van der Waals surface area contributed by atoms with Crippen molar-refractivity contribution in [3.63, 3.8) is 0 Å². The van der Waals surface area contributed by atoms with Gasteiger partial charge in [0.05, 0.1) is 36.3 Å². The summed E-state index contributed by atoms with van der Waals surface area (Å²) in [6.45, 7) is 0.331. The molecule has 148 valence electrons.